The molecule has 2 aromatic rings. The van der Waals surface area contributed by atoms with Gasteiger partial charge in [-0.25, -0.2) is 9.78 Å². The Bertz CT molecular complexity index is 628. The summed E-state index contributed by atoms with van der Waals surface area (Å²) in [5.41, 5.74) is 1.81. The number of aryl methyl sites for hydroxylation is 2. The Morgan fingerprint density at radius 2 is 1.95 bits per heavy atom. The molecule has 118 valence electrons. The quantitative estimate of drug-likeness (QED) is 0.793. The molecule has 0 saturated heterocycles. The molecule has 0 radical (unpaired) electrons. The first-order chi connectivity index (χ1) is 10.5. The van der Waals surface area contributed by atoms with Gasteiger partial charge in [0.1, 0.15) is 0 Å². The lowest BCUT2D eigenvalue weighted by molar-refractivity contribution is 0.215. The highest BCUT2D eigenvalue weighted by atomic mass is 32.1. The average molecular weight is 319 g/mol. The number of thiazole rings is 1. The number of aromatic nitrogens is 1. The monoisotopic (exact) mass is 319 g/mol. The zero-order chi connectivity index (χ0) is 16.1. The van der Waals surface area contributed by atoms with Gasteiger partial charge in [-0.05, 0) is 26.3 Å². The van der Waals surface area contributed by atoms with E-state index >= 15 is 0 Å². The minimum Gasteiger partial charge on any atom is -0.394 e. The van der Waals surface area contributed by atoms with Gasteiger partial charge in [0.05, 0.1) is 29.4 Å². The van der Waals surface area contributed by atoms with Gasteiger partial charge in [-0.1, -0.05) is 30.3 Å². The summed E-state index contributed by atoms with van der Waals surface area (Å²) < 4.78 is 0. The number of amides is 2. The van der Waals surface area contributed by atoms with Crippen LogP contribution in [0.2, 0.25) is 0 Å². The number of aliphatic hydroxyl groups is 1. The van der Waals surface area contributed by atoms with Crippen LogP contribution in [0.3, 0.4) is 0 Å². The summed E-state index contributed by atoms with van der Waals surface area (Å²) in [6.45, 7) is 5.67. The summed E-state index contributed by atoms with van der Waals surface area (Å²) in [5.74, 6) is 0. The molecule has 2 amide bonds. The largest absolute Gasteiger partial charge is 0.394 e. The minimum atomic E-state index is -0.419. The van der Waals surface area contributed by atoms with Crippen molar-refractivity contribution in [2.75, 3.05) is 6.61 Å². The van der Waals surface area contributed by atoms with Crippen LogP contribution in [0.4, 0.5) is 4.79 Å². The molecule has 2 rings (SSSR count). The van der Waals surface area contributed by atoms with E-state index in [9.17, 15) is 9.90 Å². The van der Waals surface area contributed by atoms with Crippen molar-refractivity contribution in [2.45, 2.75) is 32.9 Å². The normalized spacial score (nSPS) is 13.5. The Morgan fingerprint density at radius 3 is 2.50 bits per heavy atom. The molecule has 1 unspecified atom stereocenters. The number of carbonyl (C=O) groups is 1. The molecule has 0 bridgehead atoms. The zero-order valence-corrected chi connectivity index (χ0v) is 13.8. The van der Waals surface area contributed by atoms with Crippen molar-refractivity contribution < 1.29 is 9.90 Å². The lowest BCUT2D eigenvalue weighted by Gasteiger charge is -2.19. The molecule has 1 heterocycles. The number of aliphatic hydroxyl groups excluding tert-OH is 1. The van der Waals surface area contributed by atoms with Gasteiger partial charge in [0, 0.05) is 4.88 Å². The number of rotatable bonds is 5. The van der Waals surface area contributed by atoms with Gasteiger partial charge in [0.2, 0.25) is 0 Å². The second kappa shape index (κ2) is 7.38. The molecule has 22 heavy (non-hydrogen) atoms. The highest BCUT2D eigenvalue weighted by Gasteiger charge is 2.18. The molecule has 0 aliphatic heterocycles. The van der Waals surface area contributed by atoms with Crippen molar-refractivity contribution in [3.63, 3.8) is 0 Å². The van der Waals surface area contributed by atoms with Crippen LogP contribution in [0, 0.1) is 13.8 Å². The maximum absolute atomic E-state index is 12.1. The van der Waals surface area contributed by atoms with Crippen LogP contribution in [0.5, 0.6) is 0 Å². The number of hydrogen-bond acceptors (Lipinski definition) is 4. The lowest BCUT2D eigenvalue weighted by atomic mass is 10.1. The SMILES string of the molecule is Cc1nc(C)c(C(C)NC(=O)N[C@H](CO)c2ccccc2)s1. The molecule has 6 heteroatoms. The number of carbonyl (C=O) groups excluding carboxylic acids is 1. The molecule has 1 aromatic heterocycles. The van der Waals surface area contributed by atoms with E-state index < -0.39 is 6.04 Å². The van der Waals surface area contributed by atoms with Crippen molar-refractivity contribution >= 4 is 17.4 Å². The van der Waals surface area contributed by atoms with Crippen LogP contribution in [0.1, 0.15) is 40.1 Å². The Balaban J connectivity index is 1.98. The molecule has 3 N–H and O–H groups in total. The first-order valence-corrected chi connectivity index (χ1v) is 7.99. The van der Waals surface area contributed by atoms with Gasteiger partial charge in [-0.15, -0.1) is 11.3 Å². The summed E-state index contributed by atoms with van der Waals surface area (Å²) in [6, 6.07) is 8.56. The molecule has 0 saturated carbocycles. The predicted octanol–water partition coefficient (Wildman–Crippen LogP) is 2.85. The highest BCUT2D eigenvalue weighted by Crippen LogP contribution is 2.24. The van der Waals surface area contributed by atoms with Gasteiger partial charge in [-0.2, -0.15) is 0 Å². The third kappa shape index (κ3) is 4.05. The third-order valence-electron chi connectivity index (χ3n) is 3.37. The maximum Gasteiger partial charge on any atom is 0.315 e. The Labute approximate surface area is 134 Å². The number of benzene rings is 1. The fraction of sp³-hybridized carbons (Fsp3) is 0.375. The number of nitrogens with one attached hydrogen (secondary N) is 2. The Hall–Kier alpha value is -1.92. The fourth-order valence-corrected chi connectivity index (χ4v) is 3.26. The van der Waals surface area contributed by atoms with Crippen molar-refractivity contribution in [3.8, 4) is 0 Å². The van der Waals surface area contributed by atoms with Gasteiger partial charge < -0.3 is 15.7 Å². The summed E-state index contributed by atoms with van der Waals surface area (Å²) in [5, 5.41) is 16.1. The van der Waals surface area contributed by atoms with Gasteiger partial charge >= 0.3 is 6.03 Å². The van der Waals surface area contributed by atoms with E-state index in [0.29, 0.717) is 0 Å². The average Bonchev–Trinajstić information content (AvgIpc) is 2.84. The molecule has 0 spiro atoms. The predicted molar refractivity (Wildman–Crippen MR) is 87.9 cm³/mol. The van der Waals surface area contributed by atoms with Gasteiger partial charge in [0.25, 0.3) is 0 Å². The molecule has 5 nitrogen and oxygen atoms in total. The van der Waals surface area contributed by atoms with E-state index in [-0.39, 0.29) is 18.7 Å². The number of hydrogen-bond donors (Lipinski definition) is 3. The minimum absolute atomic E-state index is 0.124. The highest BCUT2D eigenvalue weighted by molar-refractivity contribution is 7.11. The molecule has 2 atom stereocenters. The van der Waals surface area contributed by atoms with E-state index in [0.717, 1.165) is 21.1 Å². The molecular weight excluding hydrogens is 298 g/mol. The van der Waals surface area contributed by atoms with Crippen molar-refractivity contribution in [2.24, 2.45) is 0 Å². The van der Waals surface area contributed by atoms with Crippen LogP contribution >= 0.6 is 11.3 Å². The smallest absolute Gasteiger partial charge is 0.315 e. The summed E-state index contributed by atoms with van der Waals surface area (Å²) in [4.78, 5) is 17.6. The maximum atomic E-state index is 12.1. The second-order valence-electron chi connectivity index (χ2n) is 5.17. The first-order valence-electron chi connectivity index (χ1n) is 7.18. The van der Waals surface area contributed by atoms with Crippen LogP contribution in [-0.4, -0.2) is 22.7 Å². The lowest BCUT2D eigenvalue weighted by Crippen LogP contribution is -2.40. The van der Waals surface area contributed by atoms with E-state index in [1.165, 1.54) is 0 Å². The zero-order valence-electron chi connectivity index (χ0n) is 13.0. The first kappa shape index (κ1) is 16.5. The van der Waals surface area contributed by atoms with Crippen molar-refractivity contribution in [1.82, 2.24) is 15.6 Å². The standard InChI is InChI=1S/C16H21N3O2S/c1-10-15(22-12(3)17-10)11(2)18-16(21)19-14(9-20)13-7-5-4-6-8-13/h4-8,11,14,20H,9H2,1-3H3,(H2,18,19,21)/t11?,14-/m1/s1. The van der Waals surface area contributed by atoms with Crippen LogP contribution in [0.15, 0.2) is 30.3 Å². The molecule has 0 aliphatic rings. The number of urea groups is 1. The van der Waals surface area contributed by atoms with Gasteiger partial charge in [0.15, 0.2) is 0 Å². The van der Waals surface area contributed by atoms with E-state index in [2.05, 4.69) is 15.6 Å². The van der Waals surface area contributed by atoms with E-state index in [4.69, 9.17) is 0 Å². The van der Waals surface area contributed by atoms with Gasteiger partial charge in [-0.3, -0.25) is 0 Å². The van der Waals surface area contributed by atoms with Crippen LogP contribution in [-0.2, 0) is 0 Å². The fourth-order valence-electron chi connectivity index (χ4n) is 2.33. The Morgan fingerprint density at radius 1 is 1.27 bits per heavy atom. The summed E-state index contributed by atoms with van der Waals surface area (Å²) >= 11 is 1.58. The second-order valence-corrected chi connectivity index (χ2v) is 6.40. The summed E-state index contributed by atoms with van der Waals surface area (Å²) in [6.07, 6.45) is 0. The number of nitrogens with zero attached hydrogens (tertiary/aromatic N) is 1. The Kier molecular flexibility index (Phi) is 5.51. The van der Waals surface area contributed by atoms with Crippen molar-refractivity contribution in [1.29, 1.82) is 0 Å². The van der Waals surface area contributed by atoms with E-state index in [1.54, 1.807) is 11.3 Å². The molecule has 1 aromatic carbocycles. The van der Waals surface area contributed by atoms with Crippen LogP contribution in [0.25, 0.3) is 0 Å². The van der Waals surface area contributed by atoms with E-state index in [1.807, 2.05) is 51.1 Å². The van der Waals surface area contributed by atoms with Crippen LogP contribution < -0.4 is 10.6 Å². The molecule has 0 aliphatic carbocycles. The van der Waals surface area contributed by atoms with Crippen molar-refractivity contribution in [3.05, 3.63) is 51.5 Å². The molecular formula is C16H21N3O2S. The topological polar surface area (TPSA) is 74.2 Å². The summed E-state index contributed by atoms with van der Waals surface area (Å²) in [7, 11) is 0. The third-order valence-corrected chi connectivity index (χ3v) is 4.63. The molecule has 0 fully saturated rings.